The number of rotatable bonds is 3. The van der Waals surface area contributed by atoms with Gasteiger partial charge in [0.1, 0.15) is 0 Å². The van der Waals surface area contributed by atoms with E-state index in [4.69, 9.17) is 10.8 Å². The van der Waals surface area contributed by atoms with E-state index in [1.54, 1.807) is 13.0 Å². The molecule has 1 aromatic rings. The Balaban J connectivity index is 3.07. The van der Waals surface area contributed by atoms with E-state index in [9.17, 15) is 5.11 Å². The van der Waals surface area contributed by atoms with E-state index < -0.39 is 12.1 Å². The molecule has 78 valence electrons. The Morgan fingerprint density at radius 3 is 2.64 bits per heavy atom. The van der Waals surface area contributed by atoms with Gasteiger partial charge in [0.05, 0.1) is 18.8 Å². The Labute approximate surface area is 91.7 Å². The standard InChI is InChI=1S/C10H14BrNO2/c1-6(14)10(12)9-3-2-8(11)4-7(9)5-13/h2-4,6,10,13-14H,5,12H2,1H3/t6-,10+/m1/s1. The number of hydrogen-bond acceptors (Lipinski definition) is 3. The van der Waals surface area contributed by atoms with Gasteiger partial charge in [-0.2, -0.15) is 0 Å². The predicted octanol–water partition coefficient (Wildman–Crippen LogP) is 1.32. The van der Waals surface area contributed by atoms with E-state index in [0.717, 1.165) is 15.6 Å². The topological polar surface area (TPSA) is 66.5 Å². The third-order valence-corrected chi connectivity index (χ3v) is 2.65. The van der Waals surface area contributed by atoms with Crippen LogP contribution in [0.25, 0.3) is 0 Å². The van der Waals surface area contributed by atoms with Crippen LogP contribution in [0.15, 0.2) is 22.7 Å². The van der Waals surface area contributed by atoms with Gasteiger partial charge in [0, 0.05) is 4.47 Å². The fourth-order valence-corrected chi connectivity index (χ4v) is 1.70. The second-order valence-corrected chi connectivity index (χ2v) is 4.18. The first-order valence-electron chi connectivity index (χ1n) is 4.39. The zero-order valence-corrected chi connectivity index (χ0v) is 9.53. The van der Waals surface area contributed by atoms with Crippen molar-refractivity contribution in [2.75, 3.05) is 0 Å². The summed E-state index contributed by atoms with van der Waals surface area (Å²) < 4.78 is 0.892. The Bertz CT molecular complexity index is 315. The summed E-state index contributed by atoms with van der Waals surface area (Å²) in [4.78, 5) is 0. The van der Waals surface area contributed by atoms with Gasteiger partial charge in [0.25, 0.3) is 0 Å². The van der Waals surface area contributed by atoms with Gasteiger partial charge in [-0.05, 0) is 30.2 Å². The molecule has 0 aliphatic rings. The van der Waals surface area contributed by atoms with Crippen molar-refractivity contribution in [3.8, 4) is 0 Å². The van der Waals surface area contributed by atoms with Crippen molar-refractivity contribution in [3.63, 3.8) is 0 Å². The lowest BCUT2D eigenvalue weighted by molar-refractivity contribution is 0.163. The molecule has 4 N–H and O–H groups in total. The van der Waals surface area contributed by atoms with Crippen LogP contribution in [0.4, 0.5) is 0 Å². The summed E-state index contributed by atoms with van der Waals surface area (Å²) in [6.07, 6.45) is -0.624. The maximum atomic E-state index is 9.35. The normalized spacial score (nSPS) is 15.2. The summed E-state index contributed by atoms with van der Waals surface area (Å²) in [7, 11) is 0. The van der Waals surface area contributed by atoms with Crippen molar-refractivity contribution in [3.05, 3.63) is 33.8 Å². The van der Waals surface area contributed by atoms with Gasteiger partial charge in [-0.1, -0.05) is 22.0 Å². The van der Waals surface area contributed by atoms with Crippen molar-refractivity contribution < 1.29 is 10.2 Å². The van der Waals surface area contributed by atoms with E-state index in [1.165, 1.54) is 0 Å². The minimum absolute atomic E-state index is 0.0742. The van der Waals surface area contributed by atoms with Gasteiger partial charge in [0.2, 0.25) is 0 Å². The van der Waals surface area contributed by atoms with E-state index >= 15 is 0 Å². The third-order valence-electron chi connectivity index (χ3n) is 2.15. The molecule has 0 saturated carbocycles. The zero-order chi connectivity index (χ0) is 10.7. The molecule has 0 bridgehead atoms. The molecule has 0 saturated heterocycles. The monoisotopic (exact) mass is 259 g/mol. The second kappa shape index (κ2) is 4.89. The molecule has 2 atom stereocenters. The van der Waals surface area contributed by atoms with Crippen LogP contribution in [0.2, 0.25) is 0 Å². The van der Waals surface area contributed by atoms with Crippen molar-refractivity contribution in [1.82, 2.24) is 0 Å². The number of benzene rings is 1. The highest BCUT2D eigenvalue weighted by atomic mass is 79.9. The largest absolute Gasteiger partial charge is 0.392 e. The summed E-state index contributed by atoms with van der Waals surface area (Å²) in [6.45, 7) is 1.56. The maximum absolute atomic E-state index is 9.35. The number of halogens is 1. The molecule has 0 aliphatic carbocycles. The molecule has 14 heavy (non-hydrogen) atoms. The molecule has 1 rings (SSSR count). The smallest absolute Gasteiger partial charge is 0.0704 e. The summed E-state index contributed by atoms with van der Waals surface area (Å²) in [5.41, 5.74) is 7.31. The van der Waals surface area contributed by atoms with E-state index in [-0.39, 0.29) is 6.61 Å². The fraction of sp³-hybridized carbons (Fsp3) is 0.400. The lowest BCUT2D eigenvalue weighted by Gasteiger charge is -2.18. The van der Waals surface area contributed by atoms with Crippen LogP contribution in [0.5, 0.6) is 0 Å². The molecule has 3 nitrogen and oxygen atoms in total. The van der Waals surface area contributed by atoms with Crippen LogP contribution in [0, 0.1) is 0 Å². The highest BCUT2D eigenvalue weighted by Crippen LogP contribution is 2.23. The molecule has 0 aromatic heterocycles. The fourth-order valence-electron chi connectivity index (χ4n) is 1.30. The number of aliphatic hydroxyl groups is 2. The first-order valence-corrected chi connectivity index (χ1v) is 5.18. The van der Waals surface area contributed by atoms with E-state index in [1.807, 2.05) is 12.1 Å². The Morgan fingerprint density at radius 2 is 2.14 bits per heavy atom. The van der Waals surface area contributed by atoms with Crippen molar-refractivity contribution in [2.45, 2.75) is 25.7 Å². The molecule has 0 spiro atoms. The van der Waals surface area contributed by atoms with Gasteiger partial charge < -0.3 is 15.9 Å². The van der Waals surface area contributed by atoms with Crippen LogP contribution in [-0.4, -0.2) is 16.3 Å². The SMILES string of the molecule is C[C@@H](O)[C@H](N)c1ccc(Br)cc1CO. The number of nitrogens with two attached hydrogens (primary N) is 1. The average Bonchev–Trinajstić information content (AvgIpc) is 2.16. The highest BCUT2D eigenvalue weighted by Gasteiger charge is 2.15. The molecule has 0 fully saturated rings. The van der Waals surface area contributed by atoms with Crippen LogP contribution in [-0.2, 0) is 6.61 Å². The van der Waals surface area contributed by atoms with Crippen LogP contribution in [0.1, 0.15) is 24.1 Å². The van der Waals surface area contributed by atoms with Crippen LogP contribution < -0.4 is 5.73 Å². The third kappa shape index (κ3) is 2.54. The quantitative estimate of drug-likeness (QED) is 0.767. The predicted molar refractivity (Wildman–Crippen MR) is 58.7 cm³/mol. The highest BCUT2D eigenvalue weighted by molar-refractivity contribution is 9.10. The minimum atomic E-state index is -0.624. The van der Waals surface area contributed by atoms with Gasteiger partial charge in [-0.3, -0.25) is 0 Å². The molecular weight excluding hydrogens is 246 g/mol. The van der Waals surface area contributed by atoms with Gasteiger partial charge in [-0.15, -0.1) is 0 Å². The molecule has 0 amide bonds. The van der Waals surface area contributed by atoms with Crippen molar-refractivity contribution >= 4 is 15.9 Å². The molecule has 0 unspecified atom stereocenters. The Morgan fingerprint density at radius 1 is 1.50 bits per heavy atom. The number of aliphatic hydroxyl groups excluding tert-OH is 2. The lowest BCUT2D eigenvalue weighted by atomic mass is 9.98. The van der Waals surface area contributed by atoms with Gasteiger partial charge in [0.15, 0.2) is 0 Å². The first-order chi connectivity index (χ1) is 6.56. The molecular formula is C10H14BrNO2. The Kier molecular flexibility index (Phi) is 4.07. The lowest BCUT2D eigenvalue weighted by Crippen LogP contribution is -2.24. The summed E-state index contributed by atoms with van der Waals surface area (Å²) in [5.74, 6) is 0. The maximum Gasteiger partial charge on any atom is 0.0704 e. The van der Waals surface area contributed by atoms with Crippen LogP contribution in [0.3, 0.4) is 0 Å². The van der Waals surface area contributed by atoms with E-state index in [2.05, 4.69) is 15.9 Å². The minimum Gasteiger partial charge on any atom is -0.392 e. The summed E-state index contributed by atoms with van der Waals surface area (Å²) in [6, 6.07) is 5.01. The summed E-state index contributed by atoms with van der Waals surface area (Å²) >= 11 is 3.31. The molecule has 0 heterocycles. The van der Waals surface area contributed by atoms with Crippen molar-refractivity contribution in [1.29, 1.82) is 0 Å². The molecule has 4 heteroatoms. The van der Waals surface area contributed by atoms with Gasteiger partial charge >= 0.3 is 0 Å². The molecule has 1 aromatic carbocycles. The first kappa shape index (κ1) is 11.7. The molecule has 0 radical (unpaired) electrons. The average molecular weight is 260 g/mol. The Hall–Kier alpha value is -0.420. The second-order valence-electron chi connectivity index (χ2n) is 3.27. The van der Waals surface area contributed by atoms with Gasteiger partial charge in [-0.25, -0.2) is 0 Å². The number of hydrogen-bond donors (Lipinski definition) is 3. The summed E-state index contributed by atoms with van der Waals surface area (Å²) in [5, 5.41) is 18.5. The van der Waals surface area contributed by atoms with Crippen LogP contribution >= 0.6 is 15.9 Å². The van der Waals surface area contributed by atoms with E-state index in [0.29, 0.717) is 0 Å². The zero-order valence-electron chi connectivity index (χ0n) is 7.94. The van der Waals surface area contributed by atoms with Crippen molar-refractivity contribution in [2.24, 2.45) is 5.73 Å². The molecule has 0 aliphatic heterocycles.